The number of allylic oxidation sites excluding steroid dienone is 1. The number of hydrogen-bond donors (Lipinski definition) is 0. The summed E-state index contributed by atoms with van der Waals surface area (Å²) in [5.41, 5.74) is 0. The Morgan fingerprint density at radius 1 is 1.11 bits per heavy atom. The molecule has 0 N–H and O–H groups in total. The number of rotatable bonds is 1. The first kappa shape index (κ1) is 43.3. The third-order valence-electron chi connectivity index (χ3n) is 0.289. The molecule has 0 aliphatic carbocycles. The van der Waals surface area contributed by atoms with E-state index in [-0.39, 0.29) is 71.3 Å². The van der Waals surface area contributed by atoms with Crippen molar-refractivity contribution >= 4 is 65.9 Å². The Bertz CT molecular complexity index is 29.8. The Hall–Kier alpha value is 2.15. The monoisotopic (exact) mass is 262 g/mol. The Labute approximate surface area is 105 Å². The van der Waals surface area contributed by atoms with Crippen molar-refractivity contribution in [2.24, 2.45) is 0 Å². The Balaban J connectivity index is -0.00000000450. The second-order valence-corrected chi connectivity index (χ2v) is 1.51. The van der Waals surface area contributed by atoms with E-state index < -0.39 is 0 Å². The number of halogens is 4. The van der Waals surface area contributed by atoms with Crippen LogP contribution in [0.5, 0.6) is 0 Å². The summed E-state index contributed by atoms with van der Waals surface area (Å²) in [6.45, 7) is 3.51. The smallest absolute Gasteiger partial charge is 0.147 e. The molecule has 9 heavy (non-hydrogen) atoms. The molecule has 0 heterocycles. The molecule has 0 aromatic heterocycles. The fourth-order valence-corrected chi connectivity index (χ4v) is 0. The Morgan fingerprint density at radius 3 is 1.22 bits per heavy atom. The average molecular weight is 264 g/mol. The molecule has 0 aliphatic rings. The second-order valence-electron chi connectivity index (χ2n) is 0.697. The molecule has 0 atom stereocenters. The van der Waals surface area contributed by atoms with Crippen LogP contribution in [0.3, 0.4) is 0 Å². The quantitative estimate of drug-likeness (QED) is 0.501. The zero-order valence-electron chi connectivity index (χ0n) is 5.12. The van der Waals surface area contributed by atoms with Crippen LogP contribution in [0.25, 0.3) is 0 Å². The normalized spacial score (nSPS) is 2.67. The third-order valence-corrected chi connectivity index (χ3v) is 0.866. The van der Waals surface area contributed by atoms with Crippen LogP contribution < -0.4 is 0 Å². The van der Waals surface area contributed by atoms with Crippen molar-refractivity contribution in [2.45, 2.75) is 5.28 Å². The van der Waals surface area contributed by atoms with Gasteiger partial charge >= 0.3 is 0 Å². The molecule has 0 saturated heterocycles. The van der Waals surface area contributed by atoms with Crippen molar-refractivity contribution < 1.29 is 21.7 Å². The van der Waals surface area contributed by atoms with Crippen LogP contribution in [-0.4, -0.2) is 16.3 Å². The molecule has 0 aromatic rings. The van der Waals surface area contributed by atoms with E-state index >= 15 is 0 Å². The van der Waals surface area contributed by atoms with Crippen LogP contribution in [-0.2, 0) is 21.7 Å². The van der Waals surface area contributed by atoms with Crippen LogP contribution in [0.4, 0.5) is 0 Å². The molecule has 0 nitrogen and oxygen atoms in total. The summed E-state index contributed by atoms with van der Waals surface area (Å²) < 4.78 is 0. The zero-order chi connectivity index (χ0) is 3.41. The van der Waals surface area contributed by atoms with Crippen LogP contribution in [0.1, 0.15) is 0 Å². The SMILES string of the molecule is C=C[CH2][AlH2].Cl.Cl.Cl.Cl.[Ti]. The first-order valence-corrected chi connectivity index (χ1v) is 2.94. The average Bonchev–Trinajstić information content (AvgIpc) is 1.37. The van der Waals surface area contributed by atoms with E-state index in [1.807, 2.05) is 6.08 Å². The van der Waals surface area contributed by atoms with Gasteiger partial charge in [-0.15, -0.1) is 62.3 Å². The van der Waals surface area contributed by atoms with Crippen LogP contribution >= 0.6 is 49.6 Å². The molecule has 0 saturated carbocycles. The molecular formula is C3H11AlCl4Ti. The van der Waals surface area contributed by atoms with E-state index in [0.717, 1.165) is 0 Å². The largest absolute Gasteiger partial charge is 0.217 e. The topological polar surface area (TPSA) is 0 Å². The third kappa shape index (κ3) is 68.0. The van der Waals surface area contributed by atoms with Gasteiger partial charge in [-0.1, -0.05) is 5.28 Å². The molecule has 6 heteroatoms. The molecule has 0 radical (unpaired) electrons. The first-order valence-electron chi connectivity index (χ1n) is 1.52. The van der Waals surface area contributed by atoms with Crippen molar-refractivity contribution in [1.29, 1.82) is 0 Å². The summed E-state index contributed by atoms with van der Waals surface area (Å²) in [5.74, 6) is 0. The van der Waals surface area contributed by atoms with Crippen LogP contribution in [0, 0.1) is 0 Å². The van der Waals surface area contributed by atoms with Crippen molar-refractivity contribution in [3.63, 3.8) is 0 Å². The van der Waals surface area contributed by atoms with Crippen molar-refractivity contribution in [1.82, 2.24) is 0 Å². The zero-order valence-corrected chi connectivity index (χ0v) is 12.0. The van der Waals surface area contributed by atoms with Gasteiger partial charge in [0, 0.05) is 21.7 Å². The molecule has 0 fully saturated rings. The molecule has 0 unspecified atom stereocenters. The van der Waals surface area contributed by atoms with Crippen molar-refractivity contribution in [3.05, 3.63) is 12.7 Å². The van der Waals surface area contributed by atoms with Gasteiger partial charge in [0.2, 0.25) is 16.3 Å². The molecular weight excluding hydrogens is 253 g/mol. The molecule has 0 bridgehead atoms. The minimum absolute atomic E-state index is 0. The van der Waals surface area contributed by atoms with Gasteiger partial charge < -0.3 is 0 Å². The van der Waals surface area contributed by atoms with Gasteiger partial charge in [0.15, 0.2) is 0 Å². The fourth-order valence-electron chi connectivity index (χ4n) is 0. The molecule has 0 rings (SSSR count). The van der Waals surface area contributed by atoms with Gasteiger partial charge in [-0.25, -0.2) is 0 Å². The van der Waals surface area contributed by atoms with Gasteiger partial charge in [0.25, 0.3) is 0 Å². The maximum Gasteiger partial charge on any atom is 0.217 e. The maximum absolute atomic E-state index is 3.51. The second kappa shape index (κ2) is 49.4. The summed E-state index contributed by atoms with van der Waals surface area (Å²) in [6, 6.07) is 0. The molecule has 0 amide bonds. The Morgan fingerprint density at radius 2 is 1.22 bits per heavy atom. The van der Waals surface area contributed by atoms with Gasteiger partial charge in [-0.05, 0) is 0 Å². The van der Waals surface area contributed by atoms with E-state index in [0.29, 0.717) is 0 Å². The minimum Gasteiger partial charge on any atom is -0.147 e. The standard InChI is InChI=1S/C3H5.Al.4ClH.Ti.2H/c1-3-2;;;;;;;;/h3H,1-2H2;;4*1H;;;. The predicted molar refractivity (Wildman–Crippen MR) is 52.5 cm³/mol. The van der Waals surface area contributed by atoms with E-state index in [4.69, 9.17) is 0 Å². The fraction of sp³-hybridized carbons (Fsp3) is 0.333. The van der Waals surface area contributed by atoms with E-state index in [1.165, 1.54) is 21.6 Å². The summed E-state index contributed by atoms with van der Waals surface area (Å²) >= 11 is 1.27. The van der Waals surface area contributed by atoms with Gasteiger partial charge in [0.05, 0.1) is 0 Å². The van der Waals surface area contributed by atoms with Crippen molar-refractivity contribution in [3.8, 4) is 0 Å². The maximum atomic E-state index is 3.51. The van der Waals surface area contributed by atoms with E-state index in [9.17, 15) is 0 Å². The van der Waals surface area contributed by atoms with Crippen LogP contribution in [0.15, 0.2) is 12.7 Å². The summed E-state index contributed by atoms with van der Waals surface area (Å²) in [5, 5.41) is 1.22. The van der Waals surface area contributed by atoms with Crippen molar-refractivity contribution in [2.75, 3.05) is 0 Å². The summed E-state index contributed by atoms with van der Waals surface area (Å²) in [7, 11) is 0. The van der Waals surface area contributed by atoms with E-state index in [2.05, 4.69) is 6.58 Å². The molecule has 58 valence electrons. The Kier molecular flexibility index (Phi) is 238. The van der Waals surface area contributed by atoms with Gasteiger partial charge in [-0.2, -0.15) is 0 Å². The number of hydrogen-bond acceptors (Lipinski definition) is 0. The first-order chi connectivity index (χ1) is 1.91. The van der Waals surface area contributed by atoms with Crippen LogP contribution in [0.2, 0.25) is 5.28 Å². The molecule has 0 aliphatic heterocycles. The molecule has 0 aromatic carbocycles. The molecule has 0 spiro atoms. The predicted octanol–water partition coefficient (Wildman–Crippen LogP) is 1.91. The van der Waals surface area contributed by atoms with Gasteiger partial charge in [-0.3, -0.25) is 0 Å². The minimum atomic E-state index is 0. The van der Waals surface area contributed by atoms with E-state index in [1.54, 1.807) is 0 Å². The summed E-state index contributed by atoms with van der Waals surface area (Å²) in [4.78, 5) is 0. The summed E-state index contributed by atoms with van der Waals surface area (Å²) in [6.07, 6.45) is 1.94. The van der Waals surface area contributed by atoms with Gasteiger partial charge in [0.1, 0.15) is 0 Å².